The standard InChI is InChI=1S/C14H17NO3/c15-7-12-11-3-1-2-4-13(11)18-14(12)9-17-10-5-6-16-8-10/h1-4,10H,5-9,15H2. The average Bonchev–Trinajstić information content (AvgIpc) is 3.03. The molecule has 4 nitrogen and oxygen atoms in total. The van der Waals surface area contributed by atoms with Gasteiger partial charge in [-0.2, -0.15) is 0 Å². The zero-order valence-electron chi connectivity index (χ0n) is 10.2. The van der Waals surface area contributed by atoms with Gasteiger partial charge in [-0.05, 0) is 12.5 Å². The molecule has 0 spiro atoms. The van der Waals surface area contributed by atoms with E-state index < -0.39 is 0 Å². The summed E-state index contributed by atoms with van der Waals surface area (Å²) in [5.74, 6) is 0.839. The minimum Gasteiger partial charge on any atom is -0.458 e. The van der Waals surface area contributed by atoms with Crippen molar-refractivity contribution in [2.24, 2.45) is 5.73 Å². The molecule has 1 aromatic heterocycles. The molecule has 3 rings (SSSR count). The van der Waals surface area contributed by atoms with E-state index in [-0.39, 0.29) is 6.10 Å². The van der Waals surface area contributed by atoms with E-state index in [1.165, 1.54) is 0 Å². The highest BCUT2D eigenvalue weighted by atomic mass is 16.5. The van der Waals surface area contributed by atoms with E-state index in [2.05, 4.69) is 0 Å². The third-order valence-electron chi connectivity index (χ3n) is 3.32. The summed E-state index contributed by atoms with van der Waals surface area (Å²) in [6, 6.07) is 7.94. The smallest absolute Gasteiger partial charge is 0.135 e. The maximum Gasteiger partial charge on any atom is 0.135 e. The van der Waals surface area contributed by atoms with Gasteiger partial charge in [-0.15, -0.1) is 0 Å². The van der Waals surface area contributed by atoms with Crippen molar-refractivity contribution >= 4 is 11.0 Å². The monoisotopic (exact) mass is 247 g/mol. The molecular formula is C14H17NO3. The highest BCUT2D eigenvalue weighted by Crippen LogP contribution is 2.26. The first-order valence-electron chi connectivity index (χ1n) is 6.27. The first-order chi connectivity index (χ1) is 8.88. The van der Waals surface area contributed by atoms with Crippen molar-refractivity contribution in [2.45, 2.75) is 25.7 Å². The second kappa shape index (κ2) is 5.10. The summed E-state index contributed by atoms with van der Waals surface area (Å²) >= 11 is 0. The highest BCUT2D eigenvalue weighted by Gasteiger charge is 2.18. The predicted octanol–water partition coefficient (Wildman–Crippen LogP) is 2.20. The van der Waals surface area contributed by atoms with Gasteiger partial charge in [-0.25, -0.2) is 0 Å². The minimum atomic E-state index is 0.184. The first kappa shape index (κ1) is 11.7. The van der Waals surface area contributed by atoms with Crippen LogP contribution in [-0.2, 0) is 22.6 Å². The molecule has 0 saturated carbocycles. The summed E-state index contributed by atoms with van der Waals surface area (Å²) in [5, 5.41) is 1.08. The Balaban J connectivity index is 1.81. The number of benzene rings is 1. The van der Waals surface area contributed by atoms with Crippen molar-refractivity contribution < 1.29 is 13.9 Å². The molecule has 1 saturated heterocycles. The Kier molecular flexibility index (Phi) is 3.32. The molecule has 0 aliphatic carbocycles. The Labute approximate surface area is 106 Å². The van der Waals surface area contributed by atoms with Gasteiger partial charge in [0.15, 0.2) is 0 Å². The highest BCUT2D eigenvalue weighted by molar-refractivity contribution is 5.82. The molecule has 0 bridgehead atoms. The first-order valence-corrected chi connectivity index (χ1v) is 6.27. The van der Waals surface area contributed by atoms with Crippen LogP contribution in [0.1, 0.15) is 17.7 Å². The van der Waals surface area contributed by atoms with E-state index >= 15 is 0 Å². The molecule has 1 fully saturated rings. The van der Waals surface area contributed by atoms with Gasteiger partial charge in [-0.3, -0.25) is 0 Å². The molecule has 2 N–H and O–H groups in total. The van der Waals surface area contributed by atoms with Crippen LogP contribution >= 0.6 is 0 Å². The minimum absolute atomic E-state index is 0.184. The molecule has 2 heterocycles. The zero-order valence-corrected chi connectivity index (χ0v) is 10.2. The van der Waals surface area contributed by atoms with E-state index in [4.69, 9.17) is 19.6 Å². The molecule has 18 heavy (non-hydrogen) atoms. The van der Waals surface area contributed by atoms with Gasteiger partial charge in [-0.1, -0.05) is 18.2 Å². The van der Waals surface area contributed by atoms with E-state index in [0.29, 0.717) is 19.8 Å². The summed E-state index contributed by atoms with van der Waals surface area (Å²) in [5.41, 5.74) is 7.72. The lowest BCUT2D eigenvalue weighted by molar-refractivity contribution is 0.0236. The Morgan fingerprint density at radius 2 is 2.22 bits per heavy atom. The lowest BCUT2D eigenvalue weighted by Gasteiger charge is -2.08. The van der Waals surface area contributed by atoms with Crippen LogP contribution < -0.4 is 5.73 Å². The average molecular weight is 247 g/mol. The van der Waals surface area contributed by atoms with Crippen molar-refractivity contribution in [1.82, 2.24) is 0 Å². The molecular weight excluding hydrogens is 230 g/mol. The number of hydrogen-bond acceptors (Lipinski definition) is 4. The summed E-state index contributed by atoms with van der Waals surface area (Å²) < 4.78 is 16.9. The number of rotatable bonds is 4. The summed E-state index contributed by atoms with van der Waals surface area (Å²) in [4.78, 5) is 0. The molecule has 96 valence electrons. The quantitative estimate of drug-likeness (QED) is 0.899. The van der Waals surface area contributed by atoms with Crippen LogP contribution in [0.25, 0.3) is 11.0 Å². The van der Waals surface area contributed by atoms with E-state index in [1.807, 2.05) is 24.3 Å². The van der Waals surface area contributed by atoms with Crippen LogP contribution in [0.2, 0.25) is 0 Å². The Bertz CT molecular complexity index is 529. The number of ether oxygens (including phenoxy) is 2. The Morgan fingerprint density at radius 3 is 3.00 bits per heavy atom. The van der Waals surface area contributed by atoms with Gasteiger partial charge in [0.25, 0.3) is 0 Å². The Morgan fingerprint density at radius 1 is 1.33 bits per heavy atom. The lowest BCUT2D eigenvalue weighted by atomic mass is 10.1. The topological polar surface area (TPSA) is 57.6 Å². The van der Waals surface area contributed by atoms with Gasteiger partial charge in [0.2, 0.25) is 0 Å². The van der Waals surface area contributed by atoms with Gasteiger partial charge < -0.3 is 19.6 Å². The van der Waals surface area contributed by atoms with Crippen molar-refractivity contribution in [3.8, 4) is 0 Å². The van der Waals surface area contributed by atoms with Crippen molar-refractivity contribution in [3.05, 3.63) is 35.6 Å². The second-order valence-electron chi connectivity index (χ2n) is 4.50. The number of hydrogen-bond donors (Lipinski definition) is 1. The molecule has 1 atom stereocenters. The molecule has 2 aromatic rings. The zero-order chi connectivity index (χ0) is 12.4. The molecule has 1 unspecified atom stereocenters. The van der Waals surface area contributed by atoms with Crippen LogP contribution in [-0.4, -0.2) is 19.3 Å². The molecule has 4 heteroatoms. The number of para-hydroxylation sites is 1. The van der Waals surface area contributed by atoms with Crippen LogP contribution in [0.5, 0.6) is 0 Å². The largest absolute Gasteiger partial charge is 0.458 e. The van der Waals surface area contributed by atoms with Gasteiger partial charge >= 0.3 is 0 Å². The van der Waals surface area contributed by atoms with Crippen LogP contribution in [0, 0.1) is 0 Å². The third-order valence-corrected chi connectivity index (χ3v) is 3.32. The molecule has 0 amide bonds. The van der Waals surface area contributed by atoms with E-state index in [0.717, 1.165) is 35.3 Å². The summed E-state index contributed by atoms with van der Waals surface area (Å²) in [6.07, 6.45) is 1.14. The molecule has 0 radical (unpaired) electrons. The third kappa shape index (κ3) is 2.14. The van der Waals surface area contributed by atoms with Crippen LogP contribution in [0.4, 0.5) is 0 Å². The molecule has 1 aliphatic heterocycles. The van der Waals surface area contributed by atoms with Gasteiger partial charge in [0.05, 0.1) is 12.7 Å². The van der Waals surface area contributed by atoms with Crippen molar-refractivity contribution in [2.75, 3.05) is 13.2 Å². The maximum atomic E-state index is 5.80. The number of fused-ring (bicyclic) bond motifs is 1. The maximum absolute atomic E-state index is 5.80. The van der Waals surface area contributed by atoms with Crippen LogP contribution in [0.3, 0.4) is 0 Å². The second-order valence-corrected chi connectivity index (χ2v) is 4.50. The molecule has 1 aromatic carbocycles. The number of furan rings is 1. The fourth-order valence-corrected chi connectivity index (χ4v) is 2.33. The predicted molar refractivity (Wildman–Crippen MR) is 68.1 cm³/mol. The Hall–Kier alpha value is -1.36. The summed E-state index contributed by atoms with van der Waals surface area (Å²) in [7, 11) is 0. The molecule has 1 aliphatic rings. The normalized spacial score (nSPS) is 19.7. The lowest BCUT2D eigenvalue weighted by Crippen LogP contribution is -2.12. The number of nitrogens with two attached hydrogens (primary N) is 1. The van der Waals surface area contributed by atoms with Gasteiger partial charge in [0, 0.05) is 24.1 Å². The fourth-order valence-electron chi connectivity index (χ4n) is 2.33. The summed E-state index contributed by atoms with van der Waals surface area (Å²) in [6.45, 7) is 2.40. The van der Waals surface area contributed by atoms with Crippen molar-refractivity contribution in [3.63, 3.8) is 0 Å². The van der Waals surface area contributed by atoms with E-state index in [9.17, 15) is 0 Å². The van der Waals surface area contributed by atoms with E-state index in [1.54, 1.807) is 0 Å². The van der Waals surface area contributed by atoms with Gasteiger partial charge in [0.1, 0.15) is 18.0 Å². The van der Waals surface area contributed by atoms with Crippen molar-refractivity contribution in [1.29, 1.82) is 0 Å². The fraction of sp³-hybridized carbons (Fsp3) is 0.429. The van der Waals surface area contributed by atoms with Crippen LogP contribution in [0.15, 0.2) is 28.7 Å². The SMILES string of the molecule is NCc1c(COC2CCOC2)oc2ccccc12.